The van der Waals surface area contributed by atoms with Crippen LogP contribution in [0.5, 0.6) is 0 Å². The summed E-state index contributed by atoms with van der Waals surface area (Å²) in [7, 11) is 1.37. The summed E-state index contributed by atoms with van der Waals surface area (Å²) in [6, 6.07) is 4.96. The van der Waals surface area contributed by atoms with E-state index < -0.39 is 12.0 Å². The number of benzene rings is 1. The van der Waals surface area contributed by atoms with Gasteiger partial charge >= 0.3 is 5.97 Å². The van der Waals surface area contributed by atoms with E-state index >= 15 is 0 Å². The Hall–Kier alpha value is -1.60. The molecule has 7 heteroatoms. The molecule has 1 aromatic rings. The van der Waals surface area contributed by atoms with Crippen LogP contribution in [-0.2, 0) is 20.1 Å². The lowest BCUT2D eigenvalue weighted by molar-refractivity contribution is -0.142. The van der Waals surface area contributed by atoms with Gasteiger partial charge in [-0.25, -0.2) is 9.18 Å². The number of thioether (sulfide) groups is 1. The highest BCUT2D eigenvalue weighted by molar-refractivity contribution is 7.99. The van der Waals surface area contributed by atoms with Gasteiger partial charge in [0.2, 0.25) is 5.91 Å². The smallest absolute Gasteiger partial charge is 0.328 e. The van der Waals surface area contributed by atoms with Crippen LogP contribution in [0.3, 0.4) is 0 Å². The molecule has 0 aliphatic heterocycles. The average molecular weight is 301 g/mol. The molecule has 110 valence electrons. The van der Waals surface area contributed by atoms with Crippen LogP contribution < -0.4 is 5.32 Å². The molecule has 0 aromatic heterocycles. The van der Waals surface area contributed by atoms with Crippen LogP contribution in [0.15, 0.2) is 24.3 Å². The maximum atomic E-state index is 12.7. The fraction of sp³-hybridized carbons (Fsp3) is 0.385. The van der Waals surface area contributed by atoms with Gasteiger partial charge in [0.25, 0.3) is 0 Å². The lowest BCUT2D eigenvalue weighted by Crippen LogP contribution is -2.44. The minimum atomic E-state index is -1.14. The first-order valence-corrected chi connectivity index (χ1v) is 7.01. The Balaban J connectivity index is 2.32. The zero-order chi connectivity index (χ0) is 15.0. The molecule has 1 unspecified atom stereocenters. The third-order valence-electron chi connectivity index (χ3n) is 2.38. The van der Waals surface area contributed by atoms with Gasteiger partial charge < -0.3 is 15.2 Å². The fourth-order valence-electron chi connectivity index (χ4n) is 1.42. The number of carbonyl (C=O) groups is 2. The number of nitrogens with one attached hydrogen (secondary N) is 1. The molecule has 1 rings (SSSR count). The second-order valence-corrected chi connectivity index (χ2v) is 5.02. The molecule has 0 aliphatic carbocycles. The largest absolute Gasteiger partial charge is 0.480 e. The predicted octanol–water partition coefficient (Wildman–Crippen LogP) is 1.27. The number of hydrogen-bond acceptors (Lipinski definition) is 4. The average Bonchev–Trinajstić information content (AvgIpc) is 2.40. The second-order valence-electron chi connectivity index (χ2n) is 4.03. The summed E-state index contributed by atoms with van der Waals surface area (Å²) in [5.74, 6) is -1.13. The van der Waals surface area contributed by atoms with Crippen molar-refractivity contribution in [2.24, 2.45) is 0 Å². The molecule has 0 saturated carbocycles. The van der Waals surface area contributed by atoms with Crippen molar-refractivity contribution < 1.29 is 23.8 Å². The molecule has 0 radical (unpaired) electrons. The Labute approximate surface area is 120 Å². The quantitative estimate of drug-likeness (QED) is 0.756. The molecule has 2 N–H and O–H groups in total. The predicted molar refractivity (Wildman–Crippen MR) is 74.0 cm³/mol. The first-order chi connectivity index (χ1) is 9.52. The molecule has 1 aromatic carbocycles. The van der Waals surface area contributed by atoms with Crippen LogP contribution in [0, 0.1) is 5.82 Å². The maximum Gasteiger partial charge on any atom is 0.328 e. The molecule has 0 aliphatic rings. The van der Waals surface area contributed by atoms with Crippen LogP contribution in [0.25, 0.3) is 0 Å². The van der Waals surface area contributed by atoms with Crippen molar-refractivity contribution in [1.29, 1.82) is 0 Å². The second kappa shape index (κ2) is 8.55. The molecule has 20 heavy (non-hydrogen) atoms. The number of halogens is 1. The summed E-state index contributed by atoms with van der Waals surface area (Å²) in [6.45, 7) is -0.0797. The summed E-state index contributed by atoms with van der Waals surface area (Å²) in [4.78, 5) is 22.4. The molecule has 0 spiro atoms. The SMILES string of the molecule is COCC(NC(=O)CSCc1ccc(F)cc1)C(=O)O. The van der Waals surface area contributed by atoms with Crippen molar-refractivity contribution in [3.8, 4) is 0 Å². The molecule has 0 heterocycles. The molecule has 0 saturated heterocycles. The first kappa shape index (κ1) is 16.5. The summed E-state index contributed by atoms with van der Waals surface area (Å²) in [5, 5.41) is 11.2. The van der Waals surface area contributed by atoms with Crippen LogP contribution >= 0.6 is 11.8 Å². The van der Waals surface area contributed by atoms with Crippen molar-refractivity contribution in [3.05, 3.63) is 35.6 Å². The van der Waals surface area contributed by atoms with E-state index in [1.165, 1.54) is 31.0 Å². The number of carbonyl (C=O) groups excluding carboxylic acids is 1. The van der Waals surface area contributed by atoms with Gasteiger partial charge in [0.05, 0.1) is 12.4 Å². The van der Waals surface area contributed by atoms with Gasteiger partial charge in [-0.2, -0.15) is 0 Å². The molecule has 5 nitrogen and oxygen atoms in total. The summed E-state index contributed by atoms with van der Waals surface area (Å²) in [6.07, 6.45) is 0. The fourth-order valence-corrected chi connectivity index (χ4v) is 2.22. The highest BCUT2D eigenvalue weighted by Gasteiger charge is 2.19. The van der Waals surface area contributed by atoms with Gasteiger partial charge in [-0.05, 0) is 17.7 Å². The standard InChI is InChI=1S/C13H16FNO4S/c1-19-6-11(13(17)18)15-12(16)8-20-7-9-2-4-10(14)5-3-9/h2-5,11H,6-8H2,1H3,(H,15,16)(H,17,18). The highest BCUT2D eigenvalue weighted by Crippen LogP contribution is 2.12. The van der Waals surface area contributed by atoms with E-state index in [1.54, 1.807) is 12.1 Å². The van der Waals surface area contributed by atoms with E-state index in [1.807, 2.05) is 0 Å². The molecule has 1 amide bonds. The normalized spacial score (nSPS) is 11.9. The Kier molecular flexibility index (Phi) is 7.03. The van der Waals surface area contributed by atoms with Gasteiger partial charge in [0.15, 0.2) is 6.04 Å². The topological polar surface area (TPSA) is 75.6 Å². The Bertz CT molecular complexity index is 452. The number of rotatable bonds is 8. The zero-order valence-corrected chi connectivity index (χ0v) is 11.8. The van der Waals surface area contributed by atoms with Crippen LogP contribution in [-0.4, -0.2) is 42.5 Å². The molecule has 1 atom stereocenters. The van der Waals surface area contributed by atoms with Gasteiger partial charge in [0, 0.05) is 12.9 Å². The molecular weight excluding hydrogens is 285 g/mol. The van der Waals surface area contributed by atoms with Crippen LogP contribution in [0.2, 0.25) is 0 Å². The van der Waals surface area contributed by atoms with Gasteiger partial charge in [0.1, 0.15) is 5.82 Å². The summed E-state index contributed by atoms with van der Waals surface area (Å²) >= 11 is 1.32. The third-order valence-corrected chi connectivity index (χ3v) is 3.39. The zero-order valence-electron chi connectivity index (χ0n) is 11.0. The lowest BCUT2D eigenvalue weighted by Gasteiger charge is -2.13. The summed E-state index contributed by atoms with van der Waals surface area (Å²) in [5.41, 5.74) is 0.899. The van der Waals surface area contributed by atoms with E-state index in [-0.39, 0.29) is 24.1 Å². The molecule has 0 bridgehead atoms. The van der Waals surface area contributed by atoms with E-state index in [2.05, 4.69) is 5.32 Å². The number of ether oxygens (including phenoxy) is 1. The Morgan fingerprint density at radius 2 is 2.05 bits per heavy atom. The van der Waals surface area contributed by atoms with Crippen molar-refractivity contribution in [2.45, 2.75) is 11.8 Å². The van der Waals surface area contributed by atoms with Crippen molar-refractivity contribution in [1.82, 2.24) is 5.32 Å². The van der Waals surface area contributed by atoms with Gasteiger partial charge in [-0.1, -0.05) is 12.1 Å². The maximum absolute atomic E-state index is 12.7. The third kappa shape index (κ3) is 6.03. The van der Waals surface area contributed by atoms with Crippen LogP contribution in [0.1, 0.15) is 5.56 Å². The minimum absolute atomic E-state index is 0.0797. The van der Waals surface area contributed by atoms with Crippen molar-refractivity contribution >= 4 is 23.6 Å². The number of amides is 1. The molecule has 0 fully saturated rings. The number of methoxy groups -OCH3 is 1. The first-order valence-electron chi connectivity index (χ1n) is 5.86. The van der Waals surface area contributed by atoms with E-state index in [0.717, 1.165) is 5.56 Å². The van der Waals surface area contributed by atoms with E-state index in [9.17, 15) is 14.0 Å². The van der Waals surface area contributed by atoms with E-state index in [0.29, 0.717) is 5.75 Å². The van der Waals surface area contributed by atoms with E-state index in [4.69, 9.17) is 9.84 Å². The minimum Gasteiger partial charge on any atom is -0.480 e. The Morgan fingerprint density at radius 1 is 1.40 bits per heavy atom. The van der Waals surface area contributed by atoms with Crippen molar-refractivity contribution in [3.63, 3.8) is 0 Å². The molecular formula is C13H16FNO4S. The van der Waals surface area contributed by atoms with Gasteiger partial charge in [-0.15, -0.1) is 11.8 Å². The lowest BCUT2D eigenvalue weighted by atomic mass is 10.2. The number of carboxylic acid groups (broad SMARTS) is 1. The van der Waals surface area contributed by atoms with Crippen molar-refractivity contribution in [2.75, 3.05) is 19.5 Å². The number of hydrogen-bond donors (Lipinski definition) is 2. The summed E-state index contributed by atoms with van der Waals surface area (Å²) < 4.78 is 17.4. The number of aliphatic carboxylic acids is 1. The number of carboxylic acids is 1. The monoisotopic (exact) mass is 301 g/mol. The van der Waals surface area contributed by atoms with Crippen LogP contribution in [0.4, 0.5) is 4.39 Å². The van der Waals surface area contributed by atoms with Gasteiger partial charge in [-0.3, -0.25) is 4.79 Å². The Morgan fingerprint density at radius 3 is 2.60 bits per heavy atom. The highest BCUT2D eigenvalue weighted by atomic mass is 32.2.